The Bertz CT molecular complexity index is 377. The number of carbonyl (C=O) groups is 3. The third kappa shape index (κ3) is 4.82. The summed E-state index contributed by atoms with van der Waals surface area (Å²) < 4.78 is 9.32. The zero-order valence-electron chi connectivity index (χ0n) is 11.3. The van der Waals surface area contributed by atoms with Gasteiger partial charge in [0.25, 0.3) is 0 Å². The molecule has 0 amide bonds. The standard InChI is InChI=1S/C13H19NO5/c1-3-19-13(17)10-6-8-14(9-11(10)15)7-4-5-12(16)18-2/h4-5,10H,3,6-9H2,1-2H3/b5-4+. The Morgan fingerprint density at radius 3 is 2.79 bits per heavy atom. The molecule has 0 N–H and O–H groups in total. The van der Waals surface area contributed by atoms with Crippen molar-refractivity contribution >= 4 is 17.7 Å². The Labute approximate surface area is 112 Å². The van der Waals surface area contributed by atoms with Crippen molar-refractivity contribution in [2.45, 2.75) is 13.3 Å². The molecule has 106 valence electrons. The van der Waals surface area contributed by atoms with Crippen LogP contribution in [-0.2, 0) is 23.9 Å². The Hall–Kier alpha value is -1.69. The average Bonchev–Trinajstić information content (AvgIpc) is 2.38. The van der Waals surface area contributed by atoms with Gasteiger partial charge in [-0.2, -0.15) is 0 Å². The summed E-state index contributed by atoms with van der Waals surface area (Å²) >= 11 is 0. The zero-order valence-corrected chi connectivity index (χ0v) is 11.3. The fraction of sp³-hybridized carbons (Fsp3) is 0.615. The molecule has 1 rings (SSSR count). The first-order valence-corrected chi connectivity index (χ1v) is 6.24. The summed E-state index contributed by atoms with van der Waals surface area (Å²) in [5, 5.41) is 0. The second-order valence-corrected chi connectivity index (χ2v) is 4.22. The van der Waals surface area contributed by atoms with Crippen LogP contribution in [-0.4, -0.2) is 56.0 Å². The smallest absolute Gasteiger partial charge is 0.330 e. The van der Waals surface area contributed by atoms with E-state index in [1.807, 2.05) is 4.90 Å². The van der Waals surface area contributed by atoms with Crippen LogP contribution in [0.4, 0.5) is 0 Å². The summed E-state index contributed by atoms with van der Waals surface area (Å²) in [6.45, 7) is 3.31. The van der Waals surface area contributed by atoms with Gasteiger partial charge in [0.2, 0.25) is 0 Å². The molecule has 6 heteroatoms. The number of Topliss-reactive ketones (excluding diaryl/α,β-unsaturated/α-hetero) is 1. The van der Waals surface area contributed by atoms with E-state index in [0.717, 1.165) is 0 Å². The van der Waals surface area contributed by atoms with Crippen LogP contribution in [0.5, 0.6) is 0 Å². The molecule has 0 spiro atoms. The highest BCUT2D eigenvalue weighted by Crippen LogP contribution is 2.15. The highest BCUT2D eigenvalue weighted by atomic mass is 16.5. The SMILES string of the molecule is CCOC(=O)C1CCN(C/C=C/C(=O)OC)CC1=O. The summed E-state index contributed by atoms with van der Waals surface area (Å²) in [5.74, 6) is -1.62. The van der Waals surface area contributed by atoms with Gasteiger partial charge in [-0.1, -0.05) is 6.08 Å². The van der Waals surface area contributed by atoms with E-state index in [2.05, 4.69) is 4.74 Å². The van der Waals surface area contributed by atoms with Gasteiger partial charge in [-0.3, -0.25) is 14.5 Å². The molecule has 1 unspecified atom stereocenters. The Kier molecular flexibility index (Phi) is 6.21. The lowest BCUT2D eigenvalue weighted by molar-refractivity contribution is -0.153. The van der Waals surface area contributed by atoms with Crippen LogP contribution >= 0.6 is 0 Å². The van der Waals surface area contributed by atoms with Crippen molar-refractivity contribution in [3.05, 3.63) is 12.2 Å². The van der Waals surface area contributed by atoms with Gasteiger partial charge in [0.1, 0.15) is 5.92 Å². The second kappa shape index (κ2) is 7.68. The maximum absolute atomic E-state index is 11.8. The molecule has 0 aromatic carbocycles. The number of carbonyl (C=O) groups excluding carboxylic acids is 3. The minimum absolute atomic E-state index is 0.129. The lowest BCUT2D eigenvalue weighted by Gasteiger charge is -2.28. The van der Waals surface area contributed by atoms with Crippen molar-refractivity contribution in [1.29, 1.82) is 0 Å². The van der Waals surface area contributed by atoms with Crippen molar-refractivity contribution in [3.8, 4) is 0 Å². The Balaban J connectivity index is 2.41. The van der Waals surface area contributed by atoms with Crippen molar-refractivity contribution in [3.63, 3.8) is 0 Å². The number of hydrogen-bond donors (Lipinski definition) is 0. The molecule has 1 saturated heterocycles. The lowest BCUT2D eigenvalue weighted by Crippen LogP contribution is -2.44. The topological polar surface area (TPSA) is 72.9 Å². The van der Waals surface area contributed by atoms with E-state index >= 15 is 0 Å². The number of hydrogen-bond acceptors (Lipinski definition) is 6. The molecule has 0 aliphatic carbocycles. The van der Waals surface area contributed by atoms with Gasteiger partial charge < -0.3 is 9.47 Å². The molecule has 1 atom stereocenters. The van der Waals surface area contributed by atoms with Crippen LogP contribution in [0.15, 0.2) is 12.2 Å². The predicted octanol–water partition coefficient (Wildman–Crippen LogP) is 0.170. The minimum Gasteiger partial charge on any atom is -0.466 e. The highest BCUT2D eigenvalue weighted by Gasteiger charge is 2.32. The van der Waals surface area contributed by atoms with Gasteiger partial charge in [-0.25, -0.2) is 4.79 Å². The lowest BCUT2D eigenvalue weighted by atomic mass is 9.95. The first-order chi connectivity index (χ1) is 9.08. The summed E-state index contributed by atoms with van der Waals surface area (Å²) in [6.07, 6.45) is 3.43. The van der Waals surface area contributed by atoms with E-state index in [-0.39, 0.29) is 18.9 Å². The highest BCUT2D eigenvalue weighted by molar-refractivity contribution is 6.00. The molecule has 0 aromatic heterocycles. The molecule has 1 heterocycles. The van der Waals surface area contributed by atoms with E-state index in [0.29, 0.717) is 19.5 Å². The molecule has 0 saturated carbocycles. The van der Waals surface area contributed by atoms with Crippen LogP contribution < -0.4 is 0 Å². The normalized spacial score (nSPS) is 20.5. The molecule has 0 bridgehead atoms. The summed E-state index contributed by atoms with van der Waals surface area (Å²) in [6, 6.07) is 0. The van der Waals surface area contributed by atoms with Crippen LogP contribution in [0.2, 0.25) is 0 Å². The largest absolute Gasteiger partial charge is 0.466 e. The maximum atomic E-state index is 11.8. The molecule has 19 heavy (non-hydrogen) atoms. The van der Waals surface area contributed by atoms with Crippen molar-refractivity contribution < 1.29 is 23.9 Å². The number of rotatable bonds is 5. The number of esters is 2. The van der Waals surface area contributed by atoms with Crippen molar-refractivity contribution in [2.24, 2.45) is 5.92 Å². The third-order valence-electron chi connectivity index (χ3n) is 2.89. The zero-order chi connectivity index (χ0) is 14.3. The van der Waals surface area contributed by atoms with Gasteiger partial charge in [-0.15, -0.1) is 0 Å². The number of nitrogens with zero attached hydrogens (tertiary/aromatic N) is 1. The number of likely N-dealkylation sites (tertiary alicyclic amines) is 1. The molecule has 1 aliphatic rings. The second-order valence-electron chi connectivity index (χ2n) is 4.22. The van der Waals surface area contributed by atoms with Crippen molar-refractivity contribution in [2.75, 3.05) is 33.4 Å². The molecule has 1 aliphatic heterocycles. The average molecular weight is 269 g/mol. The molecular weight excluding hydrogens is 250 g/mol. The predicted molar refractivity (Wildman–Crippen MR) is 67.3 cm³/mol. The van der Waals surface area contributed by atoms with Gasteiger partial charge in [0.05, 0.1) is 20.3 Å². The number of methoxy groups -OCH3 is 1. The van der Waals surface area contributed by atoms with E-state index in [1.54, 1.807) is 13.0 Å². The molecule has 0 radical (unpaired) electrons. The molecule has 0 aromatic rings. The number of piperidine rings is 1. The Morgan fingerprint density at radius 2 is 2.21 bits per heavy atom. The van der Waals surface area contributed by atoms with E-state index < -0.39 is 17.9 Å². The summed E-state index contributed by atoms with van der Waals surface area (Å²) in [5.41, 5.74) is 0. The van der Waals surface area contributed by atoms with Gasteiger partial charge in [0, 0.05) is 19.2 Å². The monoisotopic (exact) mass is 269 g/mol. The number of ketones is 1. The van der Waals surface area contributed by atoms with Gasteiger partial charge in [-0.05, 0) is 13.3 Å². The van der Waals surface area contributed by atoms with Crippen LogP contribution in [0.25, 0.3) is 0 Å². The fourth-order valence-corrected chi connectivity index (χ4v) is 1.90. The fourth-order valence-electron chi connectivity index (χ4n) is 1.90. The van der Waals surface area contributed by atoms with E-state index in [9.17, 15) is 14.4 Å². The van der Waals surface area contributed by atoms with Gasteiger partial charge in [0.15, 0.2) is 5.78 Å². The molecule has 6 nitrogen and oxygen atoms in total. The third-order valence-corrected chi connectivity index (χ3v) is 2.89. The van der Waals surface area contributed by atoms with E-state index in [1.165, 1.54) is 13.2 Å². The maximum Gasteiger partial charge on any atom is 0.330 e. The quantitative estimate of drug-likeness (QED) is 0.402. The molecular formula is C13H19NO5. The molecule has 1 fully saturated rings. The van der Waals surface area contributed by atoms with Crippen LogP contribution in [0.1, 0.15) is 13.3 Å². The first kappa shape index (κ1) is 15.4. The van der Waals surface area contributed by atoms with Crippen LogP contribution in [0.3, 0.4) is 0 Å². The first-order valence-electron chi connectivity index (χ1n) is 6.24. The van der Waals surface area contributed by atoms with E-state index in [4.69, 9.17) is 4.74 Å². The minimum atomic E-state index is -0.638. The summed E-state index contributed by atoms with van der Waals surface area (Å²) in [4.78, 5) is 36.1. The summed E-state index contributed by atoms with van der Waals surface area (Å²) in [7, 11) is 1.31. The van der Waals surface area contributed by atoms with Crippen molar-refractivity contribution in [1.82, 2.24) is 4.90 Å². The Morgan fingerprint density at radius 1 is 1.47 bits per heavy atom. The van der Waals surface area contributed by atoms with Crippen LogP contribution in [0, 0.1) is 5.92 Å². The number of ether oxygens (including phenoxy) is 2. The van der Waals surface area contributed by atoms with Gasteiger partial charge >= 0.3 is 11.9 Å².